The van der Waals surface area contributed by atoms with Crippen LogP contribution in [0.1, 0.15) is 29.7 Å². The van der Waals surface area contributed by atoms with E-state index in [2.05, 4.69) is 87.0 Å². The molecule has 1 fully saturated rings. The van der Waals surface area contributed by atoms with E-state index in [1.54, 1.807) is 9.80 Å². The molecule has 2 atom stereocenters. The van der Waals surface area contributed by atoms with Crippen LogP contribution in [-0.4, -0.2) is 44.4 Å². The Morgan fingerprint density at radius 1 is 0.964 bits per heavy atom. The van der Waals surface area contributed by atoms with E-state index < -0.39 is 0 Å². The van der Waals surface area contributed by atoms with Gasteiger partial charge in [-0.2, -0.15) is 0 Å². The fraction of sp³-hybridized carbons (Fsp3) is 0.435. The molecule has 1 aliphatic rings. The van der Waals surface area contributed by atoms with Crippen molar-refractivity contribution < 1.29 is 9.80 Å². The molecule has 2 aromatic carbocycles. The van der Waals surface area contributed by atoms with Gasteiger partial charge in [-0.1, -0.05) is 42.5 Å². The van der Waals surface area contributed by atoms with Gasteiger partial charge < -0.3 is 20.4 Å². The van der Waals surface area contributed by atoms with Crippen LogP contribution in [0.25, 0.3) is 0 Å². The van der Waals surface area contributed by atoms with Gasteiger partial charge in [0.15, 0.2) is 5.11 Å². The summed E-state index contributed by atoms with van der Waals surface area (Å²) < 4.78 is 0. The summed E-state index contributed by atoms with van der Waals surface area (Å²) in [7, 11) is 2.29. The number of rotatable bonds is 5. The summed E-state index contributed by atoms with van der Waals surface area (Å²) in [4.78, 5) is 3.27. The summed E-state index contributed by atoms with van der Waals surface area (Å²) in [6.07, 6.45) is 0. The summed E-state index contributed by atoms with van der Waals surface area (Å²) in [6.45, 7) is 11.3. The zero-order valence-electron chi connectivity index (χ0n) is 17.5. The number of piperazine rings is 1. The lowest BCUT2D eigenvalue weighted by Gasteiger charge is -2.37. The maximum atomic E-state index is 5.67. The number of hydrogen-bond donors (Lipinski definition) is 4. The summed E-state index contributed by atoms with van der Waals surface area (Å²) in [5, 5.41) is 7.68. The number of quaternary nitrogens is 2. The first-order valence-electron chi connectivity index (χ1n) is 10.3. The zero-order chi connectivity index (χ0) is 20.1. The minimum absolute atomic E-state index is 0.237. The van der Waals surface area contributed by atoms with Gasteiger partial charge >= 0.3 is 0 Å². The Balaban J connectivity index is 1.72. The average Bonchev–Trinajstić information content (AvgIpc) is 2.68. The van der Waals surface area contributed by atoms with Crippen molar-refractivity contribution >= 4 is 23.0 Å². The zero-order valence-corrected chi connectivity index (χ0v) is 18.3. The SMILES string of the molecule is Cc1cccc(NC(=S)N[C@@H](C)[C@@H](c2ccccc2)[NH+]2CC[NH+](C)CC2)c1C. The molecule has 1 heterocycles. The standard InChI is InChI=1S/C23H32N4S/c1-17-9-8-12-21(18(17)2)25-23(28)24-19(3)22(20-10-6-5-7-11-20)27-15-13-26(4)14-16-27/h5-12,19,22H,13-16H2,1-4H3,(H2,24,25,28)/p+2/t19-,22-/m0/s1. The van der Waals surface area contributed by atoms with Gasteiger partial charge in [0.1, 0.15) is 32.2 Å². The predicted molar refractivity (Wildman–Crippen MR) is 121 cm³/mol. The summed E-state index contributed by atoms with van der Waals surface area (Å²) in [5.41, 5.74) is 4.97. The highest BCUT2D eigenvalue weighted by Gasteiger charge is 2.33. The van der Waals surface area contributed by atoms with Gasteiger partial charge in [0.05, 0.1) is 13.1 Å². The first-order chi connectivity index (χ1) is 13.5. The second-order valence-electron chi connectivity index (χ2n) is 8.14. The first-order valence-corrected chi connectivity index (χ1v) is 10.7. The maximum Gasteiger partial charge on any atom is 0.171 e. The van der Waals surface area contributed by atoms with Gasteiger partial charge in [0, 0.05) is 11.3 Å². The molecule has 0 unspecified atom stereocenters. The van der Waals surface area contributed by atoms with Crippen LogP contribution in [0.15, 0.2) is 48.5 Å². The lowest BCUT2D eigenvalue weighted by atomic mass is 9.98. The van der Waals surface area contributed by atoms with Gasteiger partial charge in [0.25, 0.3) is 0 Å². The van der Waals surface area contributed by atoms with Crippen molar-refractivity contribution in [2.45, 2.75) is 32.9 Å². The third-order valence-corrected chi connectivity index (χ3v) is 6.28. The van der Waals surface area contributed by atoms with Crippen LogP contribution in [-0.2, 0) is 0 Å². The van der Waals surface area contributed by atoms with E-state index in [9.17, 15) is 0 Å². The van der Waals surface area contributed by atoms with Crippen LogP contribution in [0.5, 0.6) is 0 Å². The quantitative estimate of drug-likeness (QED) is 0.570. The topological polar surface area (TPSA) is 32.9 Å². The molecule has 0 aromatic heterocycles. The molecular weight excluding hydrogens is 364 g/mol. The van der Waals surface area contributed by atoms with Crippen molar-refractivity contribution in [2.75, 3.05) is 38.5 Å². The second-order valence-corrected chi connectivity index (χ2v) is 8.55. The maximum absolute atomic E-state index is 5.67. The molecule has 4 N–H and O–H groups in total. The highest BCUT2D eigenvalue weighted by molar-refractivity contribution is 7.80. The number of likely N-dealkylation sites (N-methyl/N-ethyl adjacent to an activating group) is 1. The molecule has 1 aliphatic heterocycles. The molecule has 0 aliphatic carbocycles. The Morgan fingerprint density at radius 3 is 2.32 bits per heavy atom. The number of benzene rings is 2. The molecule has 0 radical (unpaired) electrons. The van der Waals surface area contributed by atoms with E-state index >= 15 is 0 Å². The minimum Gasteiger partial charge on any atom is -0.354 e. The van der Waals surface area contributed by atoms with E-state index in [4.69, 9.17) is 12.2 Å². The van der Waals surface area contributed by atoms with Crippen molar-refractivity contribution in [3.8, 4) is 0 Å². The summed E-state index contributed by atoms with van der Waals surface area (Å²) in [5.74, 6) is 0. The van der Waals surface area contributed by atoms with E-state index in [0.29, 0.717) is 11.2 Å². The fourth-order valence-electron chi connectivity index (χ4n) is 4.18. The predicted octanol–water partition coefficient (Wildman–Crippen LogP) is 1.13. The van der Waals surface area contributed by atoms with E-state index in [1.165, 1.54) is 42.9 Å². The van der Waals surface area contributed by atoms with Crippen LogP contribution < -0.4 is 20.4 Å². The largest absolute Gasteiger partial charge is 0.354 e. The van der Waals surface area contributed by atoms with E-state index in [0.717, 1.165) is 5.69 Å². The Bertz CT molecular complexity index is 784. The number of nitrogens with one attached hydrogen (secondary N) is 4. The number of anilines is 1. The molecule has 28 heavy (non-hydrogen) atoms. The third-order valence-electron chi connectivity index (χ3n) is 6.06. The molecule has 150 valence electrons. The lowest BCUT2D eigenvalue weighted by Crippen LogP contribution is -3.27. The average molecular weight is 399 g/mol. The van der Waals surface area contributed by atoms with Crippen molar-refractivity contribution in [3.05, 3.63) is 65.2 Å². The van der Waals surface area contributed by atoms with Crippen LogP contribution in [0.2, 0.25) is 0 Å². The molecule has 0 amide bonds. The Kier molecular flexibility index (Phi) is 7.05. The molecule has 0 saturated carbocycles. The molecule has 2 aromatic rings. The molecule has 4 nitrogen and oxygen atoms in total. The third kappa shape index (κ3) is 5.10. The fourth-order valence-corrected chi connectivity index (χ4v) is 4.48. The lowest BCUT2D eigenvalue weighted by molar-refractivity contribution is -1.02. The van der Waals surface area contributed by atoms with E-state index in [1.807, 2.05) is 0 Å². The number of aryl methyl sites for hydroxylation is 1. The van der Waals surface area contributed by atoms with Gasteiger partial charge in [-0.05, 0) is 50.2 Å². The highest BCUT2D eigenvalue weighted by atomic mass is 32.1. The van der Waals surface area contributed by atoms with Gasteiger partial charge in [0.2, 0.25) is 0 Å². The molecule has 5 heteroatoms. The van der Waals surface area contributed by atoms with Crippen molar-refractivity contribution in [3.63, 3.8) is 0 Å². The van der Waals surface area contributed by atoms with Crippen LogP contribution in [0.4, 0.5) is 5.69 Å². The van der Waals surface area contributed by atoms with Crippen molar-refractivity contribution in [2.24, 2.45) is 0 Å². The van der Waals surface area contributed by atoms with Gasteiger partial charge in [-0.15, -0.1) is 0 Å². The number of hydrogen-bond acceptors (Lipinski definition) is 1. The molecule has 0 spiro atoms. The first kappa shape index (κ1) is 20.8. The van der Waals surface area contributed by atoms with Crippen molar-refractivity contribution in [1.82, 2.24) is 5.32 Å². The normalized spacial score (nSPS) is 21.6. The van der Waals surface area contributed by atoms with Gasteiger partial charge in [-0.25, -0.2) is 0 Å². The van der Waals surface area contributed by atoms with E-state index in [-0.39, 0.29) is 6.04 Å². The second kappa shape index (κ2) is 9.50. The smallest absolute Gasteiger partial charge is 0.171 e. The Morgan fingerprint density at radius 2 is 1.64 bits per heavy atom. The van der Waals surface area contributed by atoms with Crippen LogP contribution >= 0.6 is 12.2 Å². The molecular formula is C23H34N4S+2. The van der Waals surface area contributed by atoms with Crippen LogP contribution in [0, 0.1) is 13.8 Å². The highest BCUT2D eigenvalue weighted by Crippen LogP contribution is 2.18. The molecule has 1 saturated heterocycles. The summed E-state index contributed by atoms with van der Waals surface area (Å²) >= 11 is 5.67. The van der Waals surface area contributed by atoms with Gasteiger partial charge in [-0.3, -0.25) is 0 Å². The molecule has 3 rings (SSSR count). The Hall–Kier alpha value is -1.95. The Labute approximate surface area is 174 Å². The summed E-state index contributed by atoms with van der Waals surface area (Å²) in [6, 6.07) is 17.8. The van der Waals surface area contributed by atoms with Crippen molar-refractivity contribution in [1.29, 1.82) is 0 Å². The number of thiocarbonyl (C=S) groups is 1. The monoisotopic (exact) mass is 398 g/mol. The van der Waals surface area contributed by atoms with Crippen LogP contribution in [0.3, 0.4) is 0 Å². The molecule has 0 bridgehead atoms. The minimum atomic E-state index is 0.237.